The number of benzene rings is 2. The van der Waals surface area contributed by atoms with Crippen LogP contribution in [0.1, 0.15) is 28.8 Å². The molecule has 5 nitrogen and oxygen atoms in total. The van der Waals surface area contributed by atoms with E-state index in [4.69, 9.17) is 4.74 Å². The van der Waals surface area contributed by atoms with Crippen molar-refractivity contribution >= 4 is 11.9 Å². The van der Waals surface area contributed by atoms with Gasteiger partial charge in [0.15, 0.2) is 5.78 Å². The standard InChI is InChI=1S/C20H21NO4/c22-18-8-6-16(7-9-18)19(23)17-10-12-21(13-11-17)20(24)25-14-15-4-2-1-3-5-15/h1-9,17,22H,10-14H2. The molecule has 1 fully saturated rings. The summed E-state index contributed by atoms with van der Waals surface area (Å²) in [5.74, 6) is 0.118. The van der Waals surface area contributed by atoms with Gasteiger partial charge in [0, 0.05) is 24.6 Å². The molecule has 2 aromatic carbocycles. The van der Waals surface area contributed by atoms with Gasteiger partial charge in [-0.3, -0.25) is 4.79 Å². The van der Waals surface area contributed by atoms with E-state index >= 15 is 0 Å². The summed E-state index contributed by atoms with van der Waals surface area (Å²) >= 11 is 0. The van der Waals surface area contributed by atoms with Crippen LogP contribution in [0.4, 0.5) is 4.79 Å². The predicted octanol–water partition coefficient (Wildman–Crippen LogP) is 3.62. The van der Waals surface area contributed by atoms with Crippen LogP contribution in [0.5, 0.6) is 5.75 Å². The highest BCUT2D eigenvalue weighted by molar-refractivity contribution is 5.98. The fraction of sp³-hybridized carbons (Fsp3) is 0.300. The number of nitrogens with zero attached hydrogens (tertiary/aromatic N) is 1. The number of phenols is 1. The van der Waals surface area contributed by atoms with Crippen molar-refractivity contribution in [1.82, 2.24) is 4.90 Å². The molecule has 0 unspecified atom stereocenters. The molecular formula is C20H21NO4. The van der Waals surface area contributed by atoms with E-state index in [1.807, 2.05) is 30.3 Å². The number of piperidine rings is 1. The van der Waals surface area contributed by atoms with Gasteiger partial charge < -0.3 is 14.7 Å². The highest BCUT2D eigenvalue weighted by Crippen LogP contribution is 2.23. The second-order valence-corrected chi connectivity index (χ2v) is 6.21. The SMILES string of the molecule is O=C(c1ccc(O)cc1)C1CCN(C(=O)OCc2ccccc2)CC1. The highest BCUT2D eigenvalue weighted by Gasteiger charge is 2.28. The van der Waals surface area contributed by atoms with Gasteiger partial charge in [-0.1, -0.05) is 30.3 Å². The number of Topliss-reactive ketones (excluding diaryl/α,β-unsaturated/α-hetero) is 1. The Morgan fingerprint density at radius 3 is 2.28 bits per heavy atom. The molecule has 2 aromatic rings. The Bertz CT molecular complexity index is 719. The van der Waals surface area contributed by atoms with E-state index in [2.05, 4.69) is 0 Å². The first-order valence-electron chi connectivity index (χ1n) is 8.42. The summed E-state index contributed by atoms with van der Waals surface area (Å²) in [6.45, 7) is 1.29. The summed E-state index contributed by atoms with van der Waals surface area (Å²) in [6, 6.07) is 15.9. The largest absolute Gasteiger partial charge is 0.508 e. The normalized spacial score (nSPS) is 15.0. The zero-order valence-corrected chi connectivity index (χ0v) is 13.9. The van der Waals surface area contributed by atoms with Crippen LogP contribution in [0.25, 0.3) is 0 Å². The van der Waals surface area contributed by atoms with Crippen LogP contribution in [-0.2, 0) is 11.3 Å². The lowest BCUT2D eigenvalue weighted by Crippen LogP contribution is -2.40. The molecule has 1 heterocycles. The maximum absolute atomic E-state index is 12.5. The van der Waals surface area contributed by atoms with Gasteiger partial charge in [-0.2, -0.15) is 0 Å². The molecular weight excluding hydrogens is 318 g/mol. The smallest absolute Gasteiger partial charge is 0.410 e. The third-order valence-corrected chi connectivity index (χ3v) is 4.48. The summed E-state index contributed by atoms with van der Waals surface area (Å²) in [6.07, 6.45) is 0.916. The maximum atomic E-state index is 12.5. The number of aromatic hydroxyl groups is 1. The zero-order valence-electron chi connectivity index (χ0n) is 13.9. The number of amides is 1. The van der Waals surface area contributed by atoms with Crippen LogP contribution in [0.3, 0.4) is 0 Å². The van der Waals surface area contributed by atoms with E-state index in [1.54, 1.807) is 17.0 Å². The van der Waals surface area contributed by atoms with E-state index < -0.39 is 0 Å². The molecule has 1 N–H and O–H groups in total. The molecule has 0 radical (unpaired) electrons. The van der Waals surface area contributed by atoms with Crippen molar-refractivity contribution in [2.75, 3.05) is 13.1 Å². The number of ether oxygens (including phenoxy) is 1. The molecule has 0 aromatic heterocycles. The Balaban J connectivity index is 1.48. The number of hydrogen-bond donors (Lipinski definition) is 1. The first-order valence-corrected chi connectivity index (χ1v) is 8.42. The average Bonchev–Trinajstić information content (AvgIpc) is 2.67. The van der Waals surface area contributed by atoms with Gasteiger partial charge in [-0.25, -0.2) is 4.79 Å². The molecule has 3 rings (SSSR count). The molecule has 0 aliphatic carbocycles. The van der Waals surface area contributed by atoms with Gasteiger partial charge >= 0.3 is 6.09 Å². The summed E-state index contributed by atoms with van der Waals surface area (Å²) < 4.78 is 5.34. The molecule has 1 saturated heterocycles. The lowest BCUT2D eigenvalue weighted by atomic mass is 9.89. The fourth-order valence-electron chi connectivity index (χ4n) is 3.00. The van der Waals surface area contributed by atoms with Crippen LogP contribution < -0.4 is 0 Å². The molecule has 0 saturated carbocycles. The predicted molar refractivity (Wildman–Crippen MR) is 93.4 cm³/mol. The van der Waals surface area contributed by atoms with Crippen LogP contribution in [0.2, 0.25) is 0 Å². The minimum Gasteiger partial charge on any atom is -0.508 e. The van der Waals surface area contributed by atoms with Crippen molar-refractivity contribution < 1.29 is 19.4 Å². The first kappa shape index (κ1) is 17.0. The monoisotopic (exact) mass is 339 g/mol. The third-order valence-electron chi connectivity index (χ3n) is 4.48. The number of phenolic OH excluding ortho intramolecular Hbond substituents is 1. The minimum atomic E-state index is -0.334. The Morgan fingerprint density at radius 1 is 1.00 bits per heavy atom. The molecule has 130 valence electrons. The molecule has 25 heavy (non-hydrogen) atoms. The minimum absolute atomic E-state index is 0.0669. The summed E-state index contributed by atoms with van der Waals surface area (Å²) in [5, 5.41) is 9.31. The van der Waals surface area contributed by atoms with Crippen molar-refractivity contribution in [3.05, 3.63) is 65.7 Å². The van der Waals surface area contributed by atoms with Crippen LogP contribution in [0, 0.1) is 5.92 Å². The third kappa shape index (κ3) is 4.38. The van der Waals surface area contributed by atoms with Crippen LogP contribution >= 0.6 is 0 Å². The Hall–Kier alpha value is -2.82. The molecule has 1 aliphatic rings. The van der Waals surface area contributed by atoms with Crippen LogP contribution in [0.15, 0.2) is 54.6 Å². The number of hydrogen-bond acceptors (Lipinski definition) is 4. The summed E-state index contributed by atoms with van der Waals surface area (Å²) in [7, 11) is 0. The first-order chi connectivity index (χ1) is 12.1. The van der Waals surface area contributed by atoms with Gasteiger partial charge in [-0.05, 0) is 42.7 Å². The van der Waals surface area contributed by atoms with Crippen LogP contribution in [-0.4, -0.2) is 35.0 Å². The van der Waals surface area contributed by atoms with E-state index in [1.165, 1.54) is 12.1 Å². The number of carbonyl (C=O) groups is 2. The van der Waals surface area contributed by atoms with E-state index in [9.17, 15) is 14.7 Å². The summed E-state index contributed by atoms with van der Waals surface area (Å²) in [5.41, 5.74) is 1.55. The lowest BCUT2D eigenvalue weighted by Gasteiger charge is -2.30. The molecule has 0 bridgehead atoms. The van der Waals surface area contributed by atoms with Gasteiger partial charge in [0.2, 0.25) is 0 Å². The van der Waals surface area contributed by atoms with Gasteiger partial charge in [0.1, 0.15) is 12.4 Å². The summed E-state index contributed by atoms with van der Waals surface area (Å²) in [4.78, 5) is 26.3. The number of rotatable bonds is 4. The number of ketones is 1. The molecule has 0 spiro atoms. The van der Waals surface area contributed by atoms with Crippen molar-refractivity contribution in [1.29, 1.82) is 0 Å². The second-order valence-electron chi connectivity index (χ2n) is 6.21. The van der Waals surface area contributed by atoms with Crippen molar-refractivity contribution in [2.45, 2.75) is 19.4 Å². The van der Waals surface area contributed by atoms with E-state index in [0.717, 1.165) is 5.56 Å². The van der Waals surface area contributed by atoms with Crippen molar-refractivity contribution in [3.8, 4) is 5.75 Å². The molecule has 0 atom stereocenters. The highest BCUT2D eigenvalue weighted by atomic mass is 16.6. The van der Waals surface area contributed by atoms with Gasteiger partial charge in [0.05, 0.1) is 0 Å². The number of carbonyl (C=O) groups excluding carboxylic acids is 2. The topological polar surface area (TPSA) is 66.8 Å². The average molecular weight is 339 g/mol. The van der Waals surface area contributed by atoms with E-state index in [-0.39, 0.29) is 30.2 Å². The Morgan fingerprint density at radius 2 is 1.64 bits per heavy atom. The van der Waals surface area contributed by atoms with Gasteiger partial charge in [0.25, 0.3) is 0 Å². The molecule has 1 amide bonds. The fourth-order valence-corrected chi connectivity index (χ4v) is 3.00. The Labute approximate surface area is 146 Å². The lowest BCUT2D eigenvalue weighted by molar-refractivity contribution is 0.0713. The van der Waals surface area contributed by atoms with E-state index in [0.29, 0.717) is 31.5 Å². The molecule has 5 heteroatoms. The molecule has 1 aliphatic heterocycles. The quantitative estimate of drug-likeness (QED) is 0.864. The van der Waals surface area contributed by atoms with Crippen molar-refractivity contribution in [2.24, 2.45) is 5.92 Å². The number of likely N-dealkylation sites (tertiary alicyclic amines) is 1. The van der Waals surface area contributed by atoms with Crippen molar-refractivity contribution in [3.63, 3.8) is 0 Å². The maximum Gasteiger partial charge on any atom is 0.410 e. The van der Waals surface area contributed by atoms with Gasteiger partial charge in [-0.15, -0.1) is 0 Å². The Kier molecular flexibility index (Phi) is 5.33. The zero-order chi connectivity index (χ0) is 17.6. The second kappa shape index (κ2) is 7.83.